The van der Waals surface area contributed by atoms with Crippen LogP contribution >= 0.6 is 11.3 Å². The minimum Gasteiger partial charge on any atom is -0.379 e. The van der Waals surface area contributed by atoms with Crippen molar-refractivity contribution >= 4 is 32.6 Å². The predicted molar refractivity (Wildman–Crippen MR) is 124 cm³/mol. The van der Waals surface area contributed by atoms with Crippen LogP contribution in [0.4, 0.5) is 5.13 Å². The molecule has 4 rings (SSSR count). The standard InChI is InChI=1S/C24H29N3O2S/c1-16-5-6-17(2)20(13-16)23(28)27(8-7-26-9-11-29-12-10-26)24-25-21-14-18(3)19(4)15-22(21)30-24/h5-6,13-15H,7-12H2,1-4H3. The van der Waals surface area contributed by atoms with Gasteiger partial charge in [-0.1, -0.05) is 29.0 Å². The van der Waals surface area contributed by atoms with Crippen LogP contribution in [0.3, 0.4) is 0 Å². The van der Waals surface area contributed by atoms with Crippen molar-refractivity contribution in [2.75, 3.05) is 44.3 Å². The number of carbonyl (C=O) groups excluding carboxylic acids is 1. The molecule has 1 aliphatic rings. The average Bonchev–Trinajstić information content (AvgIpc) is 3.13. The number of thiazole rings is 1. The number of fused-ring (bicyclic) bond motifs is 1. The van der Waals surface area contributed by atoms with Gasteiger partial charge in [0.25, 0.3) is 5.91 Å². The number of rotatable bonds is 5. The van der Waals surface area contributed by atoms with Gasteiger partial charge in [-0.25, -0.2) is 4.98 Å². The van der Waals surface area contributed by atoms with Gasteiger partial charge >= 0.3 is 0 Å². The van der Waals surface area contributed by atoms with E-state index in [0.717, 1.165) is 64.9 Å². The van der Waals surface area contributed by atoms with Crippen LogP contribution in [0, 0.1) is 27.7 Å². The Morgan fingerprint density at radius 2 is 1.80 bits per heavy atom. The first-order valence-corrected chi connectivity index (χ1v) is 11.3. The van der Waals surface area contributed by atoms with E-state index in [9.17, 15) is 4.79 Å². The summed E-state index contributed by atoms with van der Waals surface area (Å²) in [6.07, 6.45) is 0. The Bertz CT molecular complexity index is 1030. The van der Waals surface area contributed by atoms with Gasteiger partial charge in [0.15, 0.2) is 5.13 Å². The first kappa shape index (κ1) is 21.0. The molecule has 2 heterocycles. The summed E-state index contributed by atoms with van der Waals surface area (Å²) in [6, 6.07) is 10.4. The van der Waals surface area contributed by atoms with Crippen LogP contribution in [0.2, 0.25) is 0 Å². The van der Waals surface area contributed by atoms with Gasteiger partial charge in [0.2, 0.25) is 0 Å². The van der Waals surface area contributed by atoms with Crippen LogP contribution in [-0.4, -0.2) is 55.2 Å². The van der Waals surface area contributed by atoms with Crippen LogP contribution in [0.5, 0.6) is 0 Å². The van der Waals surface area contributed by atoms with Crippen LogP contribution in [-0.2, 0) is 4.74 Å². The Hall–Kier alpha value is -2.28. The van der Waals surface area contributed by atoms with Gasteiger partial charge in [-0.2, -0.15) is 0 Å². The molecule has 0 aliphatic carbocycles. The minimum atomic E-state index is 0.0250. The Morgan fingerprint density at radius 1 is 1.07 bits per heavy atom. The predicted octanol–water partition coefficient (Wildman–Crippen LogP) is 4.51. The molecule has 1 amide bonds. The number of benzene rings is 2. The van der Waals surface area contributed by atoms with Crippen molar-refractivity contribution in [2.45, 2.75) is 27.7 Å². The first-order valence-electron chi connectivity index (χ1n) is 10.5. The average molecular weight is 424 g/mol. The highest BCUT2D eigenvalue weighted by Crippen LogP contribution is 2.32. The fourth-order valence-electron chi connectivity index (χ4n) is 3.75. The van der Waals surface area contributed by atoms with E-state index in [1.165, 1.54) is 11.1 Å². The lowest BCUT2D eigenvalue weighted by molar-refractivity contribution is 0.0391. The number of amides is 1. The molecule has 3 aromatic rings. The van der Waals surface area contributed by atoms with E-state index in [4.69, 9.17) is 9.72 Å². The molecule has 5 nitrogen and oxygen atoms in total. The summed E-state index contributed by atoms with van der Waals surface area (Å²) in [5, 5.41) is 0.772. The number of morpholine rings is 1. The fraction of sp³-hybridized carbons (Fsp3) is 0.417. The van der Waals surface area contributed by atoms with E-state index in [2.05, 4.69) is 30.9 Å². The third kappa shape index (κ3) is 4.41. The van der Waals surface area contributed by atoms with Crippen molar-refractivity contribution in [2.24, 2.45) is 0 Å². The number of aromatic nitrogens is 1. The third-order valence-electron chi connectivity index (χ3n) is 5.84. The highest BCUT2D eigenvalue weighted by Gasteiger charge is 2.24. The van der Waals surface area contributed by atoms with Crippen molar-refractivity contribution < 1.29 is 9.53 Å². The Balaban J connectivity index is 1.69. The molecular weight excluding hydrogens is 394 g/mol. The van der Waals surface area contributed by atoms with Gasteiger partial charge in [-0.05, 0) is 62.6 Å². The first-order chi connectivity index (χ1) is 14.4. The van der Waals surface area contributed by atoms with Gasteiger partial charge < -0.3 is 4.74 Å². The van der Waals surface area contributed by atoms with Gasteiger partial charge in [-0.3, -0.25) is 14.6 Å². The second-order valence-electron chi connectivity index (χ2n) is 8.13. The van der Waals surface area contributed by atoms with E-state index in [-0.39, 0.29) is 5.91 Å². The van der Waals surface area contributed by atoms with Crippen LogP contribution in [0.1, 0.15) is 32.6 Å². The minimum absolute atomic E-state index is 0.0250. The molecule has 1 aliphatic heterocycles. The molecule has 1 saturated heterocycles. The van der Waals surface area contributed by atoms with Gasteiger partial charge in [0.05, 0.1) is 23.4 Å². The number of anilines is 1. The molecule has 0 N–H and O–H groups in total. The van der Waals surface area contributed by atoms with E-state index in [1.807, 2.05) is 36.9 Å². The summed E-state index contributed by atoms with van der Waals surface area (Å²) >= 11 is 1.60. The lowest BCUT2D eigenvalue weighted by Crippen LogP contribution is -2.43. The second kappa shape index (κ2) is 8.84. The number of carbonyl (C=O) groups is 1. The summed E-state index contributed by atoms with van der Waals surface area (Å²) < 4.78 is 6.59. The molecule has 1 aromatic heterocycles. The monoisotopic (exact) mass is 423 g/mol. The molecule has 1 fully saturated rings. The third-order valence-corrected chi connectivity index (χ3v) is 6.88. The Labute approximate surface area is 182 Å². The fourth-order valence-corrected chi connectivity index (χ4v) is 4.82. The molecule has 0 unspecified atom stereocenters. The highest BCUT2D eigenvalue weighted by molar-refractivity contribution is 7.22. The van der Waals surface area contributed by atoms with Gasteiger partial charge in [0, 0.05) is 31.7 Å². The molecule has 0 radical (unpaired) electrons. The number of hydrogen-bond donors (Lipinski definition) is 0. The van der Waals surface area contributed by atoms with E-state index < -0.39 is 0 Å². The Kier molecular flexibility index (Phi) is 6.18. The summed E-state index contributed by atoms with van der Waals surface area (Å²) in [5.74, 6) is 0.0250. The maximum absolute atomic E-state index is 13.7. The zero-order valence-corrected chi connectivity index (χ0v) is 19.0. The van der Waals surface area contributed by atoms with Crippen molar-refractivity contribution in [3.63, 3.8) is 0 Å². The lowest BCUT2D eigenvalue weighted by Gasteiger charge is -2.29. The SMILES string of the molecule is Cc1ccc(C)c(C(=O)N(CCN2CCOCC2)c2nc3cc(C)c(C)cc3s2)c1. The molecule has 0 saturated carbocycles. The summed E-state index contributed by atoms with van der Waals surface area (Å²) in [6.45, 7) is 13.0. The van der Waals surface area contributed by atoms with Gasteiger partial charge in [-0.15, -0.1) is 0 Å². The molecule has 6 heteroatoms. The molecule has 0 bridgehead atoms. The number of hydrogen-bond acceptors (Lipinski definition) is 5. The molecule has 30 heavy (non-hydrogen) atoms. The summed E-state index contributed by atoms with van der Waals surface area (Å²) in [5.41, 5.74) is 6.27. The molecular formula is C24H29N3O2S. The maximum atomic E-state index is 13.7. The molecule has 0 atom stereocenters. The van der Waals surface area contributed by atoms with E-state index in [0.29, 0.717) is 6.54 Å². The van der Waals surface area contributed by atoms with Crippen molar-refractivity contribution in [3.05, 3.63) is 58.1 Å². The largest absolute Gasteiger partial charge is 0.379 e. The van der Waals surface area contributed by atoms with Crippen LogP contribution in [0.15, 0.2) is 30.3 Å². The molecule has 2 aromatic carbocycles. The number of aryl methyl sites for hydroxylation is 4. The normalized spacial score (nSPS) is 14.9. The zero-order chi connectivity index (χ0) is 21.3. The zero-order valence-electron chi connectivity index (χ0n) is 18.2. The quantitative estimate of drug-likeness (QED) is 0.606. The second-order valence-corrected chi connectivity index (χ2v) is 9.14. The number of ether oxygens (including phenoxy) is 1. The summed E-state index contributed by atoms with van der Waals surface area (Å²) in [7, 11) is 0. The molecule has 0 spiro atoms. The topological polar surface area (TPSA) is 45.7 Å². The Morgan fingerprint density at radius 3 is 2.57 bits per heavy atom. The highest BCUT2D eigenvalue weighted by atomic mass is 32.1. The van der Waals surface area contributed by atoms with Crippen molar-refractivity contribution in [1.82, 2.24) is 9.88 Å². The molecule has 158 valence electrons. The van der Waals surface area contributed by atoms with Crippen LogP contribution < -0.4 is 4.90 Å². The van der Waals surface area contributed by atoms with Crippen molar-refractivity contribution in [1.29, 1.82) is 0 Å². The number of nitrogens with zero attached hydrogens (tertiary/aromatic N) is 3. The van der Waals surface area contributed by atoms with Gasteiger partial charge in [0.1, 0.15) is 0 Å². The lowest BCUT2D eigenvalue weighted by atomic mass is 10.0. The van der Waals surface area contributed by atoms with E-state index in [1.54, 1.807) is 11.3 Å². The summed E-state index contributed by atoms with van der Waals surface area (Å²) in [4.78, 5) is 22.7. The van der Waals surface area contributed by atoms with Crippen LogP contribution in [0.25, 0.3) is 10.2 Å². The maximum Gasteiger partial charge on any atom is 0.260 e. The van der Waals surface area contributed by atoms with Crippen molar-refractivity contribution in [3.8, 4) is 0 Å². The van der Waals surface area contributed by atoms with E-state index >= 15 is 0 Å². The smallest absolute Gasteiger partial charge is 0.260 e.